The first-order valence-corrected chi connectivity index (χ1v) is 8.00. The number of carbonyl (C=O) groups is 1. The van der Waals surface area contributed by atoms with Gasteiger partial charge >= 0.3 is 11.8 Å². The summed E-state index contributed by atoms with van der Waals surface area (Å²) in [6.45, 7) is 7.33. The molecule has 1 atom stereocenters. The maximum absolute atomic E-state index is 11.8. The molecule has 1 saturated carbocycles. The molecule has 1 aliphatic carbocycles. The van der Waals surface area contributed by atoms with Gasteiger partial charge in [-0.25, -0.2) is 9.48 Å². The van der Waals surface area contributed by atoms with Crippen molar-refractivity contribution in [1.82, 2.24) is 15.1 Å². The Hall–Kier alpha value is -2.32. The van der Waals surface area contributed by atoms with Crippen LogP contribution in [0.3, 0.4) is 0 Å². The molecule has 0 saturated heterocycles. The van der Waals surface area contributed by atoms with Crippen molar-refractivity contribution in [2.75, 3.05) is 11.9 Å². The fourth-order valence-corrected chi connectivity index (χ4v) is 2.54. The number of nitrogens with zero attached hydrogens (tertiary/aromatic N) is 3. The van der Waals surface area contributed by atoms with Crippen LogP contribution in [0, 0.1) is 23.0 Å². The summed E-state index contributed by atoms with van der Waals surface area (Å²) in [5.41, 5.74) is -0.232. The van der Waals surface area contributed by atoms with E-state index in [1.165, 1.54) is 4.68 Å². The second kappa shape index (κ2) is 6.66. The molecule has 0 aliphatic heterocycles. The minimum atomic E-state index is -0.565. The van der Waals surface area contributed by atoms with Crippen LogP contribution in [0.5, 0.6) is 0 Å². The van der Waals surface area contributed by atoms with Crippen LogP contribution in [0.25, 0.3) is 0 Å². The van der Waals surface area contributed by atoms with Gasteiger partial charge in [-0.2, -0.15) is 5.10 Å². The van der Waals surface area contributed by atoms with Crippen LogP contribution < -0.4 is 10.6 Å². The van der Waals surface area contributed by atoms with E-state index in [0.717, 1.165) is 12.8 Å². The molecule has 9 nitrogen and oxygen atoms in total. The van der Waals surface area contributed by atoms with Crippen molar-refractivity contribution < 1.29 is 14.5 Å². The molecule has 0 bridgehead atoms. The summed E-state index contributed by atoms with van der Waals surface area (Å²) in [5, 5.41) is 21.3. The van der Waals surface area contributed by atoms with Crippen LogP contribution in [0.4, 0.5) is 16.3 Å². The number of ether oxygens (including phenoxy) is 1. The predicted octanol–water partition coefficient (Wildman–Crippen LogP) is 2.35. The highest BCUT2D eigenvalue weighted by atomic mass is 16.6. The minimum Gasteiger partial charge on any atom is -0.444 e. The second-order valence-electron chi connectivity index (χ2n) is 7.13. The highest BCUT2D eigenvalue weighted by Crippen LogP contribution is 2.36. The summed E-state index contributed by atoms with van der Waals surface area (Å²) in [7, 11) is 1.66. The molecule has 0 radical (unpaired) electrons. The Morgan fingerprint density at radius 2 is 2.12 bits per heavy atom. The van der Waals surface area contributed by atoms with E-state index in [1.807, 2.05) is 0 Å². The number of anilines is 1. The van der Waals surface area contributed by atoms with E-state index in [2.05, 4.69) is 15.7 Å². The Bertz CT molecular complexity index is 631. The van der Waals surface area contributed by atoms with E-state index in [1.54, 1.807) is 34.7 Å². The Morgan fingerprint density at radius 3 is 2.62 bits per heavy atom. The van der Waals surface area contributed by atoms with Crippen LogP contribution in [0.15, 0.2) is 0 Å². The van der Waals surface area contributed by atoms with Crippen molar-refractivity contribution in [3.63, 3.8) is 0 Å². The summed E-state index contributed by atoms with van der Waals surface area (Å²) in [6.07, 6.45) is 1.56. The Balaban J connectivity index is 2.05. The lowest BCUT2D eigenvalue weighted by atomic mass is 10.2. The lowest BCUT2D eigenvalue weighted by Crippen LogP contribution is -2.40. The average molecular weight is 339 g/mol. The highest BCUT2D eigenvalue weighted by molar-refractivity contribution is 5.68. The van der Waals surface area contributed by atoms with Gasteiger partial charge in [0.25, 0.3) is 0 Å². The first-order chi connectivity index (χ1) is 11.1. The fourth-order valence-electron chi connectivity index (χ4n) is 2.54. The van der Waals surface area contributed by atoms with Crippen LogP contribution in [-0.2, 0) is 11.8 Å². The van der Waals surface area contributed by atoms with Gasteiger partial charge in [0.05, 0.1) is 4.92 Å². The lowest BCUT2D eigenvalue weighted by Gasteiger charge is -2.23. The van der Waals surface area contributed by atoms with Gasteiger partial charge in [0, 0.05) is 19.6 Å². The first-order valence-electron chi connectivity index (χ1n) is 8.00. The van der Waals surface area contributed by atoms with Crippen LogP contribution in [0.1, 0.15) is 39.3 Å². The summed E-state index contributed by atoms with van der Waals surface area (Å²) in [6, 6.07) is -0.106. The number of alkyl carbamates (subject to hydrolysis) is 1. The van der Waals surface area contributed by atoms with E-state index in [-0.39, 0.29) is 11.7 Å². The molecule has 2 N–H and O–H groups in total. The molecule has 1 aromatic heterocycles. The molecule has 2 rings (SSSR count). The van der Waals surface area contributed by atoms with E-state index >= 15 is 0 Å². The third-order valence-corrected chi connectivity index (χ3v) is 3.75. The van der Waals surface area contributed by atoms with Crippen LogP contribution in [0.2, 0.25) is 0 Å². The van der Waals surface area contributed by atoms with Crippen molar-refractivity contribution in [2.24, 2.45) is 13.0 Å². The van der Waals surface area contributed by atoms with Gasteiger partial charge in [0.1, 0.15) is 11.3 Å². The summed E-state index contributed by atoms with van der Waals surface area (Å²) in [4.78, 5) is 22.7. The Labute approximate surface area is 140 Å². The SMILES string of the molecule is Cc1nn(C)c(NC(CNC(=O)OC(C)(C)C)C2CC2)c1[N+](=O)[O-]. The maximum atomic E-state index is 11.8. The van der Waals surface area contributed by atoms with Crippen molar-refractivity contribution in [3.05, 3.63) is 15.8 Å². The number of nitro groups is 1. The van der Waals surface area contributed by atoms with Crippen molar-refractivity contribution in [3.8, 4) is 0 Å². The normalized spacial score (nSPS) is 15.7. The third kappa shape index (κ3) is 4.59. The van der Waals surface area contributed by atoms with Crippen LogP contribution >= 0.6 is 0 Å². The number of hydrogen-bond acceptors (Lipinski definition) is 6. The smallest absolute Gasteiger partial charge is 0.407 e. The number of aromatic nitrogens is 2. The van der Waals surface area contributed by atoms with Crippen molar-refractivity contribution in [1.29, 1.82) is 0 Å². The monoisotopic (exact) mass is 339 g/mol. The van der Waals surface area contributed by atoms with Crippen molar-refractivity contribution in [2.45, 2.75) is 52.2 Å². The molecule has 1 aliphatic rings. The van der Waals surface area contributed by atoms with Gasteiger partial charge < -0.3 is 15.4 Å². The van der Waals surface area contributed by atoms with E-state index in [9.17, 15) is 14.9 Å². The van der Waals surface area contributed by atoms with E-state index in [0.29, 0.717) is 24.0 Å². The topological polar surface area (TPSA) is 111 Å². The van der Waals surface area contributed by atoms with Crippen molar-refractivity contribution >= 4 is 17.6 Å². The minimum absolute atomic E-state index is 0.0274. The number of carbonyl (C=O) groups excluding carboxylic acids is 1. The lowest BCUT2D eigenvalue weighted by molar-refractivity contribution is -0.384. The quantitative estimate of drug-likeness (QED) is 0.608. The van der Waals surface area contributed by atoms with Gasteiger partial charge in [0.15, 0.2) is 0 Å². The summed E-state index contributed by atoms with van der Waals surface area (Å²) < 4.78 is 6.69. The third-order valence-electron chi connectivity index (χ3n) is 3.75. The standard InChI is InChI=1S/C15H25N5O4/c1-9-12(20(22)23)13(19(5)18-9)17-11(10-6-7-10)8-16-14(21)24-15(2,3)4/h10-11,17H,6-8H2,1-5H3,(H,16,21). The van der Waals surface area contributed by atoms with Gasteiger partial charge in [-0.15, -0.1) is 0 Å². The zero-order valence-corrected chi connectivity index (χ0v) is 14.8. The van der Waals surface area contributed by atoms with Gasteiger partial charge in [-0.3, -0.25) is 10.1 Å². The molecule has 24 heavy (non-hydrogen) atoms. The molecule has 1 amide bonds. The zero-order chi connectivity index (χ0) is 18.1. The molecule has 1 unspecified atom stereocenters. The second-order valence-corrected chi connectivity index (χ2v) is 7.13. The Morgan fingerprint density at radius 1 is 1.50 bits per heavy atom. The molecule has 1 heterocycles. The zero-order valence-electron chi connectivity index (χ0n) is 14.8. The largest absolute Gasteiger partial charge is 0.444 e. The number of nitrogens with one attached hydrogen (secondary N) is 2. The fraction of sp³-hybridized carbons (Fsp3) is 0.733. The molecule has 0 aromatic carbocycles. The average Bonchev–Trinajstić information content (AvgIpc) is 3.19. The molecular formula is C15H25N5O4. The number of aryl methyl sites for hydroxylation is 2. The summed E-state index contributed by atoms with van der Waals surface area (Å²) >= 11 is 0. The summed E-state index contributed by atoms with van der Waals surface area (Å²) in [5.74, 6) is 0.732. The van der Waals surface area contributed by atoms with E-state index < -0.39 is 16.6 Å². The predicted molar refractivity (Wildman–Crippen MR) is 89.0 cm³/mol. The van der Waals surface area contributed by atoms with Gasteiger partial charge in [-0.1, -0.05) is 0 Å². The molecular weight excluding hydrogens is 314 g/mol. The van der Waals surface area contributed by atoms with Gasteiger partial charge in [-0.05, 0) is 46.5 Å². The van der Waals surface area contributed by atoms with E-state index in [4.69, 9.17) is 4.74 Å². The number of hydrogen-bond donors (Lipinski definition) is 2. The first kappa shape index (κ1) is 18.0. The Kier molecular flexibility index (Phi) is 5.00. The molecule has 1 fully saturated rings. The number of amides is 1. The van der Waals surface area contributed by atoms with Crippen LogP contribution in [-0.4, -0.2) is 39.0 Å². The van der Waals surface area contributed by atoms with Gasteiger partial charge in [0.2, 0.25) is 5.82 Å². The highest BCUT2D eigenvalue weighted by Gasteiger charge is 2.35. The number of rotatable bonds is 6. The molecule has 134 valence electrons. The molecule has 0 spiro atoms. The maximum Gasteiger partial charge on any atom is 0.407 e. The molecule has 9 heteroatoms. The molecule has 1 aromatic rings.